The van der Waals surface area contributed by atoms with Gasteiger partial charge in [0.2, 0.25) is 6.10 Å². The van der Waals surface area contributed by atoms with Crippen LogP contribution in [0.2, 0.25) is 0 Å². The molecule has 9 heteroatoms. The molecule has 0 amide bonds. The van der Waals surface area contributed by atoms with Crippen LogP contribution < -0.4 is 10.5 Å². The molecule has 33 heavy (non-hydrogen) atoms. The van der Waals surface area contributed by atoms with Gasteiger partial charge in [0, 0.05) is 6.92 Å². The minimum atomic E-state index is -1.05. The Bertz CT molecular complexity index is 1240. The maximum atomic E-state index is 12.9. The van der Waals surface area contributed by atoms with Crippen molar-refractivity contribution in [3.8, 4) is 5.75 Å². The van der Waals surface area contributed by atoms with Gasteiger partial charge in [0.15, 0.2) is 5.69 Å². The molecule has 2 aromatic carbocycles. The second-order valence-electron chi connectivity index (χ2n) is 7.48. The first-order valence-electron chi connectivity index (χ1n) is 10.2. The molecule has 170 valence electrons. The Labute approximate surface area is 191 Å². The van der Waals surface area contributed by atoms with E-state index in [0.29, 0.717) is 0 Å². The number of hydrogen-bond donors (Lipinski definition) is 1. The van der Waals surface area contributed by atoms with Crippen molar-refractivity contribution in [3.05, 3.63) is 65.3 Å². The van der Waals surface area contributed by atoms with E-state index in [1.165, 1.54) is 13.1 Å². The molecular weight excluding hydrogens is 424 g/mol. The second kappa shape index (κ2) is 9.96. The van der Waals surface area contributed by atoms with E-state index in [4.69, 9.17) is 26.5 Å². The number of rotatable bonds is 7. The van der Waals surface area contributed by atoms with Gasteiger partial charge in [0.1, 0.15) is 17.7 Å². The molecule has 0 unspecified atom stereocenters. The lowest BCUT2D eigenvalue weighted by Crippen LogP contribution is -2.28. The minimum absolute atomic E-state index is 0.0393. The van der Waals surface area contributed by atoms with Gasteiger partial charge in [-0.1, -0.05) is 30.8 Å². The molecule has 0 saturated carbocycles. The zero-order valence-corrected chi connectivity index (χ0v) is 18.7. The van der Waals surface area contributed by atoms with Crippen LogP contribution in [0.3, 0.4) is 0 Å². The average Bonchev–Trinajstić information content (AvgIpc) is 2.81. The first-order valence-corrected chi connectivity index (χ1v) is 10.2. The van der Waals surface area contributed by atoms with E-state index < -0.39 is 30.1 Å². The van der Waals surface area contributed by atoms with E-state index in [1.807, 2.05) is 36.4 Å². The summed E-state index contributed by atoms with van der Waals surface area (Å²) >= 11 is 0. The number of benzene rings is 2. The molecule has 0 saturated heterocycles. The number of hydrogen-bond acceptors (Lipinski definition) is 8. The summed E-state index contributed by atoms with van der Waals surface area (Å²) < 4.78 is 16.2. The third-order valence-corrected chi connectivity index (χ3v) is 5.14. The predicted molar refractivity (Wildman–Crippen MR) is 122 cm³/mol. The summed E-state index contributed by atoms with van der Waals surface area (Å²) in [5.41, 5.74) is 6.57. The van der Waals surface area contributed by atoms with Crippen LogP contribution in [0.4, 0.5) is 11.6 Å². The minimum Gasteiger partial charge on any atom is -0.497 e. The number of anilines is 1. The van der Waals surface area contributed by atoms with E-state index >= 15 is 0 Å². The highest BCUT2D eigenvalue weighted by molar-refractivity contribution is 5.86. The van der Waals surface area contributed by atoms with Crippen LogP contribution in [0, 0.1) is 6.57 Å². The Hall–Kier alpha value is -4.19. The van der Waals surface area contributed by atoms with Crippen LogP contribution in [-0.4, -0.2) is 35.1 Å². The molecule has 3 atom stereocenters. The summed E-state index contributed by atoms with van der Waals surface area (Å²) in [6, 6.07) is 11.4. The lowest BCUT2D eigenvalue weighted by molar-refractivity contribution is -0.167. The summed E-state index contributed by atoms with van der Waals surface area (Å²) in [5.74, 6) is -1.08. The Balaban J connectivity index is 1.81. The van der Waals surface area contributed by atoms with E-state index in [0.717, 1.165) is 22.1 Å². The zero-order chi connectivity index (χ0) is 24.1. The molecule has 0 spiro atoms. The summed E-state index contributed by atoms with van der Waals surface area (Å²) in [7, 11) is 1.61. The number of carbonyl (C=O) groups excluding carboxylic acids is 2. The van der Waals surface area contributed by atoms with Crippen molar-refractivity contribution in [1.82, 2.24) is 9.97 Å². The van der Waals surface area contributed by atoms with Gasteiger partial charge in [-0.3, -0.25) is 9.59 Å². The fourth-order valence-electron chi connectivity index (χ4n) is 3.32. The van der Waals surface area contributed by atoms with Crippen LogP contribution in [0.15, 0.2) is 42.6 Å². The molecule has 3 aromatic rings. The van der Waals surface area contributed by atoms with E-state index in [2.05, 4.69) is 14.8 Å². The summed E-state index contributed by atoms with van der Waals surface area (Å²) in [6.07, 6.45) is -0.635. The summed E-state index contributed by atoms with van der Waals surface area (Å²) in [6.45, 7) is 11.7. The highest BCUT2D eigenvalue weighted by Crippen LogP contribution is 2.29. The highest BCUT2D eigenvalue weighted by Gasteiger charge is 2.32. The molecular formula is C24H24N4O5. The third kappa shape index (κ3) is 5.36. The number of fused-ring (bicyclic) bond motifs is 1. The van der Waals surface area contributed by atoms with E-state index in [-0.39, 0.29) is 17.3 Å². The normalized spacial score (nSPS) is 13.4. The molecule has 0 aliphatic heterocycles. The van der Waals surface area contributed by atoms with Crippen LogP contribution >= 0.6 is 0 Å². The maximum absolute atomic E-state index is 12.9. The molecule has 1 heterocycles. The summed E-state index contributed by atoms with van der Waals surface area (Å²) in [4.78, 5) is 35.8. The number of nitrogen functional groups attached to an aromatic ring is 1. The molecule has 9 nitrogen and oxygen atoms in total. The van der Waals surface area contributed by atoms with Gasteiger partial charge in [0.25, 0.3) is 0 Å². The Morgan fingerprint density at radius 1 is 1.09 bits per heavy atom. The van der Waals surface area contributed by atoms with Crippen LogP contribution in [0.1, 0.15) is 44.1 Å². The number of nitrogens with zero attached hydrogens (tertiary/aromatic N) is 3. The largest absolute Gasteiger partial charge is 0.497 e. The van der Waals surface area contributed by atoms with Gasteiger partial charge in [-0.15, -0.1) is 4.98 Å². The molecule has 0 bridgehead atoms. The number of ether oxygens (including phenoxy) is 3. The van der Waals surface area contributed by atoms with Gasteiger partial charge in [-0.25, -0.2) is 4.98 Å². The van der Waals surface area contributed by atoms with Gasteiger partial charge in [-0.05, 0) is 42.3 Å². The Kier molecular flexibility index (Phi) is 7.08. The zero-order valence-electron chi connectivity index (χ0n) is 18.7. The van der Waals surface area contributed by atoms with E-state index in [9.17, 15) is 9.59 Å². The SMILES string of the molecule is [C-]#[N+]c1nc([C@@H](OC(C)=O)[C@H](C)OC(=O)[C@@H](C)c2ccc3cc(OC)ccc3c2)cnc1N. The molecule has 3 rings (SSSR count). The lowest BCUT2D eigenvalue weighted by Gasteiger charge is -2.23. The fourth-order valence-corrected chi connectivity index (χ4v) is 3.32. The predicted octanol–water partition coefficient (Wildman–Crippen LogP) is 4.11. The molecule has 0 aliphatic rings. The van der Waals surface area contributed by atoms with Crippen molar-refractivity contribution in [3.63, 3.8) is 0 Å². The highest BCUT2D eigenvalue weighted by atomic mass is 16.6. The maximum Gasteiger partial charge on any atom is 0.313 e. The summed E-state index contributed by atoms with van der Waals surface area (Å²) in [5, 5.41) is 1.95. The van der Waals surface area contributed by atoms with E-state index in [1.54, 1.807) is 21.0 Å². The van der Waals surface area contributed by atoms with Gasteiger partial charge >= 0.3 is 17.8 Å². The first kappa shape index (κ1) is 23.5. The smallest absolute Gasteiger partial charge is 0.313 e. The van der Waals surface area contributed by atoms with Crippen molar-refractivity contribution >= 4 is 34.3 Å². The quantitative estimate of drug-likeness (QED) is 0.424. The van der Waals surface area contributed by atoms with Crippen LogP contribution in [0.5, 0.6) is 5.75 Å². The number of carbonyl (C=O) groups is 2. The molecule has 1 aromatic heterocycles. The standard InChI is InChI=1S/C24H24N4O5/c1-13(16-6-7-18-11-19(31-5)9-8-17(18)10-16)24(30)32-14(2)21(33-15(3)29)20-12-27-22(25)23(26-4)28-20/h6-14,21H,1-3,5H3,(H2,25,27)/t13-,14-,21-/m0/s1. The van der Waals surface area contributed by atoms with Crippen LogP contribution in [-0.2, 0) is 19.1 Å². The van der Waals surface area contributed by atoms with Crippen molar-refractivity contribution < 1.29 is 23.8 Å². The topological polar surface area (TPSA) is 118 Å². The fraction of sp³-hybridized carbons (Fsp3) is 0.292. The Morgan fingerprint density at radius 3 is 2.45 bits per heavy atom. The molecule has 0 radical (unpaired) electrons. The first-order chi connectivity index (χ1) is 15.7. The third-order valence-electron chi connectivity index (χ3n) is 5.14. The number of esters is 2. The average molecular weight is 448 g/mol. The van der Waals surface area contributed by atoms with Crippen molar-refractivity contribution in [1.29, 1.82) is 0 Å². The van der Waals surface area contributed by atoms with Gasteiger partial charge in [0.05, 0.1) is 19.2 Å². The molecule has 0 fully saturated rings. The number of methoxy groups -OCH3 is 1. The molecule has 2 N–H and O–H groups in total. The molecule has 0 aliphatic carbocycles. The van der Waals surface area contributed by atoms with Gasteiger partial charge < -0.3 is 24.8 Å². The number of aromatic nitrogens is 2. The van der Waals surface area contributed by atoms with Crippen LogP contribution in [0.25, 0.3) is 15.6 Å². The number of nitrogens with two attached hydrogens (primary N) is 1. The van der Waals surface area contributed by atoms with Crippen molar-refractivity contribution in [2.24, 2.45) is 0 Å². The van der Waals surface area contributed by atoms with Gasteiger partial charge in [-0.2, -0.15) is 0 Å². The second-order valence-corrected chi connectivity index (χ2v) is 7.48. The van der Waals surface area contributed by atoms with Crippen molar-refractivity contribution in [2.75, 3.05) is 12.8 Å². The lowest BCUT2D eigenvalue weighted by atomic mass is 9.97. The monoisotopic (exact) mass is 448 g/mol. The Morgan fingerprint density at radius 2 is 1.79 bits per heavy atom. The van der Waals surface area contributed by atoms with Crippen molar-refractivity contribution in [2.45, 2.75) is 38.9 Å².